The third-order valence-electron chi connectivity index (χ3n) is 4.34. The minimum absolute atomic E-state index is 0. The number of ether oxygens (including phenoxy) is 2. The number of rotatable bonds is 9. The highest BCUT2D eigenvalue weighted by molar-refractivity contribution is 14.0. The maximum atomic E-state index is 10.7. The van der Waals surface area contributed by atoms with Crippen molar-refractivity contribution in [2.24, 2.45) is 4.99 Å². The Labute approximate surface area is 185 Å². The van der Waals surface area contributed by atoms with Crippen LogP contribution in [0.5, 0.6) is 5.75 Å². The largest absolute Gasteiger partial charge is 0.491 e. The molecule has 0 aromatic heterocycles. The lowest BCUT2D eigenvalue weighted by Crippen LogP contribution is -2.48. The van der Waals surface area contributed by atoms with Gasteiger partial charge in [0, 0.05) is 26.2 Å². The molecule has 1 heterocycles. The van der Waals surface area contributed by atoms with E-state index in [-0.39, 0.29) is 24.0 Å². The molecule has 1 aliphatic rings. The van der Waals surface area contributed by atoms with Crippen molar-refractivity contribution in [2.75, 3.05) is 59.1 Å². The van der Waals surface area contributed by atoms with Crippen LogP contribution in [0.15, 0.2) is 29.3 Å². The number of aliphatic imine (C=N–C) groups is 1. The van der Waals surface area contributed by atoms with E-state index in [1.165, 1.54) is 0 Å². The van der Waals surface area contributed by atoms with E-state index in [9.17, 15) is 5.11 Å². The lowest BCUT2D eigenvalue weighted by molar-refractivity contribution is -0.0179. The molecule has 1 aromatic carbocycles. The van der Waals surface area contributed by atoms with E-state index < -0.39 is 5.60 Å². The molecule has 0 aliphatic carbocycles. The molecule has 0 bridgehead atoms. The quantitative estimate of drug-likeness (QED) is 0.205. The number of halogens is 1. The van der Waals surface area contributed by atoms with Crippen LogP contribution in [0, 0.1) is 6.92 Å². The van der Waals surface area contributed by atoms with Crippen molar-refractivity contribution < 1.29 is 14.6 Å². The Morgan fingerprint density at radius 3 is 2.68 bits per heavy atom. The van der Waals surface area contributed by atoms with Crippen LogP contribution in [0.1, 0.15) is 19.4 Å². The standard InChI is InChI=1S/C20H34N4O3.HI/c1-4-21-19(22-9-12-27-18-8-6-5-7-17(18)2)23-15-20(3,25)16-24-10-13-26-14-11-24;/h5-8,25H,4,9-16H2,1-3H3,(H2,21,22,23);1H. The van der Waals surface area contributed by atoms with Crippen LogP contribution in [0.3, 0.4) is 0 Å². The highest BCUT2D eigenvalue weighted by Crippen LogP contribution is 2.15. The number of hydrogen-bond acceptors (Lipinski definition) is 5. The Morgan fingerprint density at radius 1 is 1.29 bits per heavy atom. The van der Waals surface area contributed by atoms with E-state index >= 15 is 0 Å². The van der Waals surface area contributed by atoms with Crippen molar-refractivity contribution >= 4 is 29.9 Å². The molecule has 28 heavy (non-hydrogen) atoms. The number of hydrogen-bond donors (Lipinski definition) is 3. The molecule has 1 aromatic rings. The van der Waals surface area contributed by atoms with Crippen LogP contribution < -0.4 is 15.4 Å². The molecule has 0 saturated carbocycles. The monoisotopic (exact) mass is 506 g/mol. The molecule has 8 heteroatoms. The minimum Gasteiger partial charge on any atom is -0.491 e. The summed E-state index contributed by atoms with van der Waals surface area (Å²) in [6.07, 6.45) is 0. The van der Waals surface area contributed by atoms with Gasteiger partial charge in [-0.25, -0.2) is 0 Å². The summed E-state index contributed by atoms with van der Waals surface area (Å²) >= 11 is 0. The molecular weight excluding hydrogens is 471 g/mol. The van der Waals surface area contributed by atoms with Gasteiger partial charge >= 0.3 is 0 Å². The topological polar surface area (TPSA) is 78.4 Å². The van der Waals surface area contributed by atoms with Crippen LogP contribution >= 0.6 is 24.0 Å². The maximum absolute atomic E-state index is 10.7. The summed E-state index contributed by atoms with van der Waals surface area (Å²) in [5, 5.41) is 17.1. The van der Waals surface area contributed by atoms with Gasteiger partial charge in [0.25, 0.3) is 0 Å². The zero-order valence-electron chi connectivity index (χ0n) is 17.2. The van der Waals surface area contributed by atoms with E-state index in [1.54, 1.807) is 0 Å². The molecule has 1 aliphatic heterocycles. The number of nitrogens with zero attached hydrogens (tertiary/aromatic N) is 2. The van der Waals surface area contributed by atoms with E-state index in [1.807, 2.05) is 45.0 Å². The zero-order valence-corrected chi connectivity index (χ0v) is 19.6. The number of para-hydroxylation sites is 1. The second kappa shape index (κ2) is 13.2. The van der Waals surface area contributed by atoms with E-state index in [0.29, 0.717) is 32.2 Å². The molecule has 3 N–H and O–H groups in total. The predicted molar refractivity (Wildman–Crippen MR) is 124 cm³/mol. The molecule has 160 valence electrons. The average molecular weight is 506 g/mol. The summed E-state index contributed by atoms with van der Waals surface area (Å²) in [4.78, 5) is 6.76. The van der Waals surface area contributed by atoms with Crippen LogP contribution in [0.25, 0.3) is 0 Å². The third kappa shape index (κ3) is 9.40. The normalized spacial score (nSPS) is 17.4. The first-order chi connectivity index (χ1) is 13.0. The molecule has 1 saturated heterocycles. The van der Waals surface area contributed by atoms with Gasteiger partial charge in [0.05, 0.1) is 31.9 Å². The predicted octanol–water partition coefficient (Wildman–Crippen LogP) is 1.63. The summed E-state index contributed by atoms with van der Waals surface area (Å²) < 4.78 is 11.2. The van der Waals surface area contributed by atoms with Gasteiger partial charge < -0.3 is 25.2 Å². The van der Waals surface area contributed by atoms with Crippen LogP contribution in [-0.4, -0.2) is 80.7 Å². The van der Waals surface area contributed by atoms with E-state index in [2.05, 4.69) is 20.5 Å². The van der Waals surface area contributed by atoms with Gasteiger partial charge in [-0.2, -0.15) is 0 Å². The van der Waals surface area contributed by atoms with Gasteiger partial charge in [-0.05, 0) is 32.4 Å². The van der Waals surface area contributed by atoms with Crippen LogP contribution in [-0.2, 0) is 4.74 Å². The Bertz CT molecular complexity index is 593. The lowest BCUT2D eigenvalue weighted by Gasteiger charge is -2.33. The number of benzene rings is 1. The fourth-order valence-electron chi connectivity index (χ4n) is 2.93. The highest BCUT2D eigenvalue weighted by Gasteiger charge is 2.25. The molecule has 0 radical (unpaired) electrons. The SMILES string of the molecule is CCNC(=NCC(C)(O)CN1CCOCC1)NCCOc1ccccc1C.I. The summed E-state index contributed by atoms with van der Waals surface area (Å²) in [5.74, 6) is 1.59. The van der Waals surface area contributed by atoms with Crippen molar-refractivity contribution in [3.63, 3.8) is 0 Å². The summed E-state index contributed by atoms with van der Waals surface area (Å²) in [6.45, 7) is 11.9. The fourth-order valence-corrected chi connectivity index (χ4v) is 2.93. The first-order valence-corrected chi connectivity index (χ1v) is 9.73. The zero-order chi connectivity index (χ0) is 19.5. The molecule has 1 fully saturated rings. The van der Waals surface area contributed by atoms with Gasteiger partial charge in [0.15, 0.2) is 5.96 Å². The molecular formula is C20H35IN4O3. The third-order valence-corrected chi connectivity index (χ3v) is 4.34. The first-order valence-electron chi connectivity index (χ1n) is 9.73. The molecule has 0 spiro atoms. The molecule has 1 unspecified atom stereocenters. The van der Waals surface area contributed by atoms with Gasteiger partial charge in [-0.3, -0.25) is 9.89 Å². The van der Waals surface area contributed by atoms with Crippen molar-refractivity contribution in [2.45, 2.75) is 26.4 Å². The fraction of sp³-hybridized carbons (Fsp3) is 0.650. The number of nitrogens with one attached hydrogen (secondary N) is 2. The second-order valence-electron chi connectivity index (χ2n) is 7.12. The number of aliphatic hydroxyl groups is 1. The smallest absolute Gasteiger partial charge is 0.191 e. The van der Waals surface area contributed by atoms with Gasteiger partial charge in [0.1, 0.15) is 12.4 Å². The number of β-amino-alcohol motifs (C(OH)–C–C–N with tert-alkyl or cyclic N) is 1. The maximum Gasteiger partial charge on any atom is 0.191 e. The summed E-state index contributed by atoms with van der Waals surface area (Å²) in [7, 11) is 0. The summed E-state index contributed by atoms with van der Waals surface area (Å²) in [5.41, 5.74) is 0.245. The second-order valence-corrected chi connectivity index (χ2v) is 7.12. The Morgan fingerprint density at radius 2 is 2.00 bits per heavy atom. The van der Waals surface area contributed by atoms with E-state index in [0.717, 1.165) is 44.2 Å². The Hall–Kier alpha value is -1.10. The first kappa shape index (κ1) is 24.9. The van der Waals surface area contributed by atoms with Crippen molar-refractivity contribution in [3.05, 3.63) is 29.8 Å². The van der Waals surface area contributed by atoms with Gasteiger partial charge in [-0.15, -0.1) is 24.0 Å². The lowest BCUT2D eigenvalue weighted by atomic mass is 10.1. The summed E-state index contributed by atoms with van der Waals surface area (Å²) in [6, 6.07) is 7.97. The van der Waals surface area contributed by atoms with Crippen molar-refractivity contribution in [1.29, 1.82) is 0 Å². The van der Waals surface area contributed by atoms with Crippen molar-refractivity contribution in [1.82, 2.24) is 15.5 Å². The number of aryl methyl sites for hydroxylation is 1. The molecule has 0 amide bonds. The Kier molecular flexibility index (Phi) is 11.7. The van der Waals surface area contributed by atoms with Gasteiger partial charge in [0.2, 0.25) is 0 Å². The average Bonchev–Trinajstić information content (AvgIpc) is 2.65. The van der Waals surface area contributed by atoms with E-state index in [4.69, 9.17) is 9.47 Å². The minimum atomic E-state index is -0.878. The Balaban J connectivity index is 0.00000392. The van der Waals surface area contributed by atoms with Crippen molar-refractivity contribution in [3.8, 4) is 5.75 Å². The molecule has 2 rings (SSSR count). The molecule has 1 atom stereocenters. The molecule has 7 nitrogen and oxygen atoms in total. The van der Waals surface area contributed by atoms with Crippen LogP contribution in [0.2, 0.25) is 0 Å². The van der Waals surface area contributed by atoms with Gasteiger partial charge in [-0.1, -0.05) is 18.2 Å². The number of guanidine groups is 1. The number of morpholine rings is 1. The highest BCUT2D eigenvalue weighted by atomic mass is 127. The van der Waals surface area contributed by atoms with Crippen LogP contribution in [0.4, 0.5) is 0 Å².